The second kappa shape index (κ2) is 6.92. The topological polar surface area (TPSA) is 82.8 Å². The van der Waals surface area contributed by atoms with Gasteiger partial charge in [0.05, 0.1) is 18.4 Å². The normalized spacial score (nSPS) is 16.6. The van der Waals surface area contributed by atoms with Crippen LogP contribution in [0.5, 0.6) is 0 Å². The number of benzene rings is 1. The van der Waals surface area contributed by atoms with Crippen LogP contribution in [0.3, 0.4) is 0 Å². The van der Waals surface area contributed by atoms with Gasteiger partial charge in [0.1, 0.15) is 11.8 Å². The van der Waals surface area contributed by atoms with Gasteiger partial charge in [-0.15, -0.1) is 0 Å². The highest BCUT2D eigenvalue weighted by Gasteiger charge is 2.32. The van der Waals surface area contributed by atoms with Gasteiger partial charge in [0.2, 0.25) is 5.91 Å². The molecule has 0 aliphatic carbocycles. The van der Waals surface area contributed by atoms with Crippen molar-refractivity contribution in [3.8, 4) is 0 Å². The molecule has 1 aliphatic heterocycles. The SMILES string of the molecule is O=C(O)CCC(=O)N1NC(c2ccc(Br)cc2)=CC1c1ccco1. The summed E-state index contributed by atoms with van der Waals surface area (Å²) < 4.78 is 6.38. The summed E-state index contributed by atoms with van der Waals surface area (Å²) in [5.74, 6) is -0.696. The Bertz CT molecular complexity index is 768. The first-order valence-electron chi connectivity index (χ1n) is 7.36. The molecule has 1 amide bonds. The van der Waals surface area contributed by atoms with Crippen LogP contribution in [0.1, 0.15) is 30.2 Å². The van der Waals surface area contributed by atoms with Crippen LogP contribution in [0.4, 0.5) is 0 Å². The number of hydrazine groups is 1. The first-order chi connectivity index (χ1) is 11.5. The Morgan fingerprint density at radius 1 is 1.21 bits per heavy atom. The highest BCUT2D eigenvalue weighted by Crippen LogP contribution is 2.32. The number of carboxylic acid groups (broad SMARTS) is 1. The number of aliphatic carboxylic acids is 1. The lowest BCUT2D eigenvalue weighted by Crippen LogP contribution is -2.39. The molecule has 0 spiro atoms. The van der Waals surface area contributed by atoms with Crippen LogP contribution < -0.4 is 5.43 Å². The Balaban J connectivity index is 1.85. The predicted octanol–water partition coefficient (Wildman–Crippen LogP) is 3.34. The van der Waals surface area contributed by atoms with Crippen molar-refractivity contribution in [3.63, 3.8) is 0 Å². The van der Waals surface area contributed by atoms with E-state index in [4.69, 9.17) is 9.52 Å². The van der Waals surface area contributed by atoms with Crippen molar-refractivity contribution in [2.75, 3.05) is 0 Å². The van der Waals surface area contributed by atoms with Gasteiger partial charge in [-0.1, -0.05) is 28.1 Å². The standard InChI is InChI=1S/C17H15BrN2O4/c18-12-5-3-11(4-6-12)13-10-14(15-2-1-9-24-15)20(19-13)16(21)7-8-17(22)23/h1-6,9-10,14,19H,7-8H2,(H,22,23). The Kier molecular flexibility index (Phi) is 4.71. The van der Waals surface area contributed by atoms with Gasteiger partial charge in [0.15, 0.2) is 0 Å². The third kappa shape index (κ3) is 3.51. The van der Waals surface area contributed by atoms with E-state index in [0.29, 0.717) is 5.76 Å². The van der Waals surface area contributed by atoms with E-state index < -0.39 is 12.0 Å². The molecule has 1 aromatic carbocycles. The molecule has 0 saturated heterocycles. The van der Waals surface area contributed by atoms with Crippen LogP contribution in [0.15, 0.2) is 57.6 Å². The molecule has 1 aromatic heterocycles. The molecule has 2 heterocycles. The molecule has 0 radical (unpaired) electrons. The van der Waals surface area contributed by atoms with Crippen molar-refractivity contribution in [2.24, 2.45) is 0 Å². The van der Waals surface area contributed by atoms with Crippen LogP contribution in [-0.4, -0.2) is 22.0 Å². The number of carbonyl (C=O) groups is 2. The van der Waals surface area contributed by atoms with Gasteiger partial charge in [0, 0.05) is 10.9 Å². The molecule has 3 rings (SSSR count). The molecule has 7 heteroatoms. The van der Waals surface area contributed by atoms with Crippen molar-refractivity contribution in [2.45, 2.75) is 18.9 Å². The number of furan rings is 1. The largest absolute Gasteiger partial charge is 0.481 e. The fourth-order valence-electron chi connectivity index (χ4n) is 2.48. The van der Waals surface area contributed by atoms with E-state index in [9.17, 15) is 9.59 Å². The number of carbonyl (C=O) groups excluding carboxylic acids is 1. The molecule has 124 valence electrons. The van der Waals surface area contributed by atoms with Crippen molar-refractivity contribution >= 4 is 33.5 Å². The van der Waals surface area contributed by atoms with Crippen molar-refractivity contribution in [1.82, 2.24) is 10.4 Å². The van der Waals surface area contributed by atoms with Gasteiger partial charge in [-0.25, -0.2) is 5.01 Å². The maximum Gasteiger partial charge on any atom is 0.303 e. The minimum Gasteiger partial charge on any atom is -0.481 e. The number of halogens is 1. The first-order valence-corrected chi connectivity index (χ1v) is 8.15. The van der Waals surface area contributed by atoms with Crippen LogP contribution >= 0.6 is 15.9 Å². The highest BCUT2D eigenvalue weighted by atomic mass is 79.9. The minimum atomic E-state index is -1.00. The quantitative estimate of drug-likeness (QED) is 0.817. The van der Waals surface area contributed by atoms with Gasteiger partial charge in [-0.3, -0.25) is 15.0 Å². The Labute approximate surface area is 146 Å². The summed E-state index contributed by atoms with van der Waals surface area (Å²) in [4.78, 5) is 23.1. The average molecular weight is 391 g/mol. The molecule has 1 aliphatic rings. The number of hydrogen-bond donors (Lipinski definition) is 2. The predicted molar refractivity (Wildman–Crippen MR) is 90.4 cm³/mol. The summed E-state index contributed by atoms with van der Waals surface area (Å²) in [6.07, 6.45) is 3.14. The van der Waals surface area contributed by atoms with E-state index in [-0.39, 0.29) is 18.7 Å². The van der Waals surface area contributed by atoms with Gasteiger partial charge in [0.25, 0.3) is 0 Å². The lowest BCUT2D eigenvalue weighted by Gasteiger charge is -2.23. The minimum absolute atomic E-state index is 0.0823. The Morgan fingerprint density at radius 3 is 2.58 bits per heavy atom. The maximum atomic E-state index is 12.4. The lowest BCUT2D eigenvalue weighted by molar-refractivity contribution is -0.142. The number of rotatable bonds is 5. The summed E-state index contributed by atoms with van der Waals surface area (Å²) >= 11 is 3.39. The van der Waals surface area contributed by atoms with Crippen molar-refractivity contribution < 1.29 is 19.1 Å². The molecule has 1 atom stereocenters. The van der Waals surface area contributed by atoms with Gasteiger partial charge >= 0.3 is 5.97 Å². The molecule has 0 bridgehead atoms. The van der Waals surface area contributed by atoms with Crippen LogP contribution in [-0.2, 0) is 9.59 Å². The average Bonchev–Trinajstić information content (AvgIpc) is 3.22. The Morgan fingerprint density at radius 2 is 1.96 bits per heavy atom. The molecule has 2 N–H and O–H groups in total. The number of carboxylic acids is 1. The third-order valence-corrected chi connectivity index (χ3v) is 4.18. The van der Waals surface area contributed by atoms with E-state index in [1.54, 1.807) is 18.4 Å². The van der Waals surface area contributed by atoms with E-state index in [1.807, 2.05) is 30.3 Å². The summed E-state index contributed by atoms with van der Waals surface area (Å²) in [5, 5.41) is 10.2. The third-order valence-electron chi connectivity index (χ3n) is 3.65. The molecule has 1 unspecified atom stereocenters. The molecule has 0 saturated carbocycles. The van der Waals surface area contributed by atoms with Gasteiger partial charge in [-0.05, 0) is 35.9 Å². The number of nitrogens with zero attached hydrogens (tertiary/aromatic N) is 1. The molecule has 2 aromatic rings. The van der Waals surface area contributed by atoms with Crippen LogP contribution in [0.25, 0.3) is 5.70 Å². The fraction of sp³-hybridized carbons (Fsp3) is 0.176. The molecular formula is C17H15BrN2O4. The highest BCUT2D eigenvalue weighted by molar-refractivity contribution is 9.10. The Hall–Kier alpha value is -2.54. The zero-order valence-electron chi connectivity index (χ0n) is 12.6. The second-order valence-electron chi connectivity index (χ2n) is 5.32. The molecule has 6 nitrogen and oxygen atoms in total. The first kappa shape index (κ1) is 16.3. The smallest absolute Gasteiger partial charge is 0.303 e. The van der Waals surface area contributed by atoms with E-state index in [1.165, 1.54) is 5.01 Å². The fourth-order valence-corrected chi connectivity index (χ4v) is 2.74. The van der Waals surface area contributed by atoms with Crippen LogP contribution in [0, 0.1) is 0 Å². The van der Waals surface area contributed by atoms with Crippen molar-refractivity contribution in [1.29, 1.82) is 0 Å². The number of amides is 1. The molecule has 24 heavy (non-hydrogen) atoms. The van der Waals surface area contributed by atoms with E-state index in [0.717, 1.165) is 15.7 Å². The van der Waals surface area contributed by atoms with Gasteiger partial charge < -0.3 is 9.52 Å². The zero-order chi connectivity index (χ0) is 17.1. The number of nitrogens with one attached hydrogen (secondary N) is 1. The second-order valence-corrected chi connectivity index (χ2v) is 6.23. The monoisotopic (exact) mass is 390 g/mol. The summed E-state index contributed by atoms with van der Waals surface area (Å²) in [5.41, 5.74) is 4.76. The summed E-state index contributed by atoms with van der Waals surface area (Å²) in [7, 11) is 0. The van der Waals surface area contributed by atoms with E-state index >= 15 is 0 Å². The maximum absolute atomic E-state index is 12.4. The van der Waals surface area contributed by atoms with Crippen molar-refractivity contribution in [3.05, 3.63) is 64.5 Å². The summed E-state index contributed by atoms with van der Waals surface area (Å²) in [6.45, 7) is 0. The lowest BCUT2D eigenvalue weighted by atomic mass is 10.1. The zero-order valence-corrected chi connectivity index (χ0v) is 14.2. The van der Waals surface area contributed by atoms with Crippen LogP contribution in [0.2, 0.25) is 0 Å². The summed E-state index contributed by atoms with van der Waals surface area (Å²) in [6, 6.07) is 10.8. The molecule has 0 fully saturated rings. The number of hydrogen-bond acceptors (Lipinski definition) is 4. The molecular weight excluding hydrogens is 376 g/mol. The van der Waals surface area contributed by atoms with Gasteiger partial charge in [-0.2, -0.15) is 0 Å². The van der Waals surface area contributed by atoms with E-state index in [2.05, 4.69) is 21.4 Å².